The molecule has 0 unspecified atom stereocenters. The van der Waals surface area contributed by atoms with E-state index in [9.17, 15) is 4.39 Å². The fraction of sp³-hybridized carbons (Fsp3) is 0.294. The minimum Gasteiger partial charge on any atom is -0.212 e. The topological polar surface area (TPSA) is 0 Å². The summed E-state index contributed by atoms with van der Waals surface area (Å²) < 4.78 is 12.9. The third kappa shape index (κ3) is 2.50. The summed E-state index contributed by atoms with van der Waals surface area (Å²) in [5.74, 6) is -0.186. The predicted molar refractivity (Wildman–Crippen MR) is 83.2 cm³/mol. The Morgan fingerprint density at radius 1 is 1.26 bits per heavy atom. The second kappa shape index (κ2) is 5.30. The highest BCUT2D eigenvalue weighted by Crippen LogP contribution is 2.44. The van der Waals surface area contributed by atoms with E-state index >= 15 is 0 Å². The highest BCUT2D eigenvalue weighted by molar-refractivity contribution is 7.13. The van der Waals surface area contributed by atoms with Crippen molar-refractivity contribution in [3.63, 3.8) is 0 Å². The van der Waals surface area contributed by atoms with Gasteiger partial charge in [0, 0.05) is 9.75 Å². The number of hydrogen-bond donors (Lipinski definition) is 0. The van der Waals surface area contributed by atoms with E-state index in [0.29, 0.717) is 0 Å². The summed E-state index contributed by atoms with van der Waals surface area (Å²) in [6.45, 7) is 11.8. The number of aryl methyl sites for hydroxylation is 1. The lowest BCUT2D eigenvalue weighted by molar-refractivity contribution is 0.640. The standard InChI is InChI=1S/C17H19FS/c1-6-14(8-7-11(3)18)16-10(2)9-15-12(4)13(5)19-17(15)16/h6-8H,1,9H2,2-5H3/b11-7+,14-8+. The smallest absolute Gasteiger partial charge is 0.0968 e. The van der Waals surface area contributed by atoms with E-state index in [1.807, 2.05) is 23.5 Å². The lowest BCUT2D eigenvalue weighted by Gasteiger charge is -2.05. The first kappa shape index (κ1) is 14.0. The summed E-state index contributed by atoms with van der Waals surface area (Å²) in [4.78, 5) is 2.71. The summed E-state index contributed by atoms with van der Waals surface area (Å²) in [6, 6.07) is 0. The van der Waals surface area contributed by atoms with Crippen LogP contribution in [0.1, 0.15) is 34.7 Å². The van der Waals surface area contributed by atoms with Gasteiger partial charge in [-0.05, 0) is 62.5 Å². The molecular formula is C17H19FS. The first-order valence-corrected chi connectivity index (χ1v) is 7.23. The van der Waals surface area contributed by atoms with E-state index in [0.717, 1.165) is 12.0 Å². The first-order valence-electron chi connectivity index (χ1n) is 6.41. The molecule has 19 heavy (non-hydrogen) atoms. The minimum absolute atomic E-state index is 0.186. The fourth-order valence-electron chi connectivity index (χ4n) is 2.47. The number of halogens is 1. The molecule has 1 aliphatic carbocycles. The van der Waals surface area contributed by atoms with Crippen molar-refractivity contribution in [1.29, 1.82) is 0 Å². The molecule has 0 saturated carbocycles. The Balaban J connectivity index is 2.54. The lowest BCUT2D eigenvalue weighted by atomic mass is 10.0. The molecule has 0 saturated heterocycles. The maximum Gasteiger partial charge on any atom is 0.0968 e. The van der Waals surface area contributed by atoms with Crippen LogP contribution in [0.15, 0.2) is 41.8 Å². The SMILES string of the molecule is C=C/C(=C\C=C(/C)F)C1=C(C)Cc2c1sc(C)c2C. The summed E-state index contributed by atoms with van der Waals surface area (Å²) in [7, 11) is 0. The predicted octanol–water partition coefficient (Wildman–Crippen LogP) is 5.68. The van der Waals surface area contributed by atoms with Crippen molar-refractivity contribution in [3.05, 3.63) is 62.7 Å². The van der Waals surface area contributed by atoms with Gasteiger partial charge in [0.2, 0.25) is 0 Å². The number of rotatable bonds is 3. The van der Waals surface area contributed by atoms with Crippen molar-refractivity contribution in [1.82, 2.24) is 0 Å². The van der Waals surface area contributed by atoms with Crippen molar-refractivity contribution in [3.8, 4) is 0 Å². The van der Waals surface area contributed by atoms with Gasteiger partial charge < -0.3 is 0 Å². The van der Waals surface area contributed by atoms with Crippen molar-refractivity contribution >= 4 is 16.9 Å². The van der Waals surface area contributed by atoms with Gasteiger partial charge >= 0.3 is 0 Å². The normalized spacial score (nSPS) is 16.1. The Bertz CT molecular complexity index is 620. The van der Waals surface area contributed by atoms with Crippen LogP contribution in [0.4, 0.5) is 4.39 Å². The third-order valence-electron chi connectivity index (χ3n) is 3.61. The van der Waals surface area contributed by atoms with Crippen LogP contribution in [0.3, 0.4) is 0 Å². The molecule has 100 valence electrons. The first-order chi connectivity index (χ1) is 8.95. The van der Waals surface area contributed by atoms with Crippen LogP contribution < -0.4 is 0 Å². The van der Waals surface area contributed by atoms with Crippen LogP contribution in [-0.2, 0) is 6.42 Å². The van der Waals surface area contributed by atoms with Crippen molar-refractivity contribution in [2.75, 3.05) is 0 Å². The van der Waals surface area contributed by atoms with E-state index in [1.54, 1.807) is 0 Å². The molecule has 0 aromatic carbocycles. The van der Waals surface area contributed by atoms with Crippen LogP contribution in [0.2, 0.25) is 0 Å². The zero-order chi connectivity index (χ0) is 14.2. The molecule has 0 bridgehead atoms. The molecule has 0 N–H and O–H groups in total. The molecule has 0 amide bonds. The highest BCUT2D eigenvalue weighted by atomic mass is 32.1. The third-order valence-corrected chi connectivity index (χ3v) is 4.87. The van der Waals surface area contributed by atoms with E-state index in [2.05, 4.69) is 27.4 Å². The molecule has 0 radical (unpaired) electrons. The van der Waals surface area contributed by atoms with Gasteiger partial charge in [-0.3, -0.25) is 0 Å². The molecule has 2 heteroatoms. The zero-order valence-electron chi connectivity index (χ0n) is 11.9. The van der Waals surface area contributed by atoms with Gasteiger partial charge in [-0.15, -0.1) is 11.3 Å². The van der Waals surface area contributed by atoms with Gasteiger partial charge in [0.15, 0.2) is 0 Å². The van der Waals surface area contributed by atoms with E-state index < -0.39 is 0 Å². The minimum atomic E-state index is -0.186. The Morgan fingerprint density at radius 3 is 2.53 bits per heavy atom. The van der Waals surface area contributed by atoms with Gasteiger partial charge in [0.05, 0.1) is 5.83 Å². The van der Waals surface area contributed by atoms with Crippen LogP contribution in [0.25, 0.3) is 5.57 Å². The van der Waals surface area contributed by atoms with Gasteiger partial charge in [0.1, 0.15) is 0 Å². The molecule has 1 aliphatic rings. The largest absolute Gasteiger partial charge is 0.212 e. The van der Waals surface area contributed by atoms with Gasteiger partial charge in [-0.1, -0.05) is 24.3 Å². The number of hydrogen-bond acceptors (Lipinski definition) is 1. The van der Waals surface area contributed by atoms with Crippen LogP contribution >= 0.6 is 11.3 Å². The fourth-order valence-corrected chi connectivity index (χ4v) is 3.80. The Hall–Kier alpha value is -1.41. The van der Waals surface area contributed by atoms with Crippen molar-refractivity contribution < 1.29 is 4.39 Å². The number of fused-ring (bicyclic) bond motifs is 1. The number of thiophene rings is 1. The van der Waals surface area contributed by atoms with Crippen LogP contribution in [0, 0.1) is 13.8 Å². The van der Waals surface area contributed by atoms with E-state index in [-0.39, 0.29) is 5.83 Å². The maximum atomic E-state index is 12.9. The van der Waals surface area contributed by atoms with Crippen molar-refractivity contribution in [2.24, 2.45) is 0 Å². The molecule has 0 atom stereocenters. The highest BCUT2D eigenvalue weighted by Gasteiger charge is 2.25. The van der Waals surface area contributed by atoms with Crippen LogP contribution in [0.5, 0.6) is 0 Å². The van der Waals surface area contributed by atoms with Crippen LogP contribution in [-0.4, -0.2) is 0 Å². The second-order valence-corrected chi connectivity index (χ2v) is 6.23. The monoisotopic (exact) mass is 274 g/mol. The Morgan fingerprint density at radius 2 is 1.95 bits per heavy atom. The molecule has 1 heterocycles. The zero-order valence-corrected chi connectivity index (χ0v) is 12.7. The van der Waals surface area contributed by atoms with E-state index in [1.165, 1.54) is 45.0 Å². The van der Waals surface area contributed by atoms with Crippen molar-refractivity contribution in [2.45, 2.75) is 34.1 Å². The molecule has 1 aromatic heterocycles. The molecule has 0 aliphatic heterocycles. The summed E-state index contributed by atoms with van der Waals surface area (Å²) in [5, 5.41) is 0. The molecular weight excluding hydrogens is 255 g/mol. The van der Waals surface area contributed by atoms with Gasteiger partial charge in [-0.25, -0.2) is 4.39 Å². The van der Waals surface area contributed by atoms with E-state index in [4.69, 9.17) is 0 Å². The van der Waals surface area contributed by atoms with Gasteiger partial charge in [-0.2, -0.15) is 0 Å². The lowest BCUT2D eigenvalue weighted by Crippen LogP contribution is -1.84. The average Bonchev–Trinajstić information content (AvgIpc) is 2.79. The molecule has 2 rings (SSSR count). The maximum absolute atomic E-state index is 12.9. The molecule has 1 aromatic rings. The molecule has 0 nitrogen and oxygen atoms in total. The molecule has 0 spiro atoms. The quantitative estimate of drug-likeness (QED) is 0.622. The molecule has 0 fully saturated rings. The summed E-state index contributed by atoms with van der Waals surface area (Å²) in [6.07, 6.45) is 6.14. The van der Waals surface area contributed by atoms with Gasteiger partial charge in [0.25, 0.3) is 0 Å². The number of allylic oxidation sites excluding steroid dienone is 7. The second-order valence-electron chi connectivity index (χ2n) is 5.00. The summed E-state index contributed by atoms with van der Waals surface area (Å²) in [5.41, 5.74) is 6.43. The summed E-state index contributed by atoms with van der Waals surface area (Å²) >= 11 is 1.83. The Kier molecular flexibility index (Phi) is 3.91. The Labute approximate surface area is 118 Å². The average molecular weight is 274 g/mol.